The molecule has 0 bridgehead atoms. The summed E-state index contributed by atoms with van der Waals surface area (Å²) < 4.78 is 0. The molecule has 120 valence electrons. The number of anilines is 2. The predicted molar refractivity (Wildman–Crippen MR) is 90.3 cm³/mol. The lowest BCUT2D eigenvalue weighted by atomic mass is 10.2. The van der Waals surface area contributed by atoms with E-state index >= 15 is 0 Å². The lowest BCUT2D eigenvalue weighted by molar-refractivity contribution is 0.0931. The van der Waals surface area contributed by atoms with Crippen molar-refractivity contribution < 1.29 is 4.79 Å². The molecular weight excluding hydrogens is 304 g/mol. The highest BCUT2D eigenvalue weighted by molar-refractivity contribution is 5.93. The number of pyridine rings is 1. The number of rotatable bonds is 6. The summed E-state index contributed by atoms with van der Waals surface area (Å²) in [6.07, 6.45) is 6.00. The van der Waals surface area contributed by atoms with Crippen LogP contribution in [0.15, 0.2) is 67.4 Å². The maximum Gasteiger partial charge on any atom is 0.268 e. The molecule has 2 heterocycles. The first-order valence-electron chi connectivity index (χ1n) is 7.37. The SMILES string of the molecule is O=C(NNCc1cccnc1Nc1ccccc1)c1cncnc1. The van der Waals surface area contributed by atoms with Crippen LogP contribution < -0.4 is 16.2 Å². The van der Waals surface area contributed by atoms with Crippen LogP contribution in [0.25, 0.3) is 0 Å². The van der Waals surface area contributed by atoms with Crippen LogP contribution in [0.5, 0.6) is 0 Å². The van der Waals surface area contributed by atoms with E-state index in [-0.39, 0.29) is 5.91 Å². The smallest absolute Gasteiger partial charge is 0.268 e. The molecular formula is C17H16N6O. The molecule has 0 radical (unpaired) electrons. The monoisotopic (exact) mass is 320 g/mol. The summed E-state index contributed by atoms with van der Waals surface area (Å²) in [4.78, 5) is 23.9. The van der Waals surface area contributed by atoms with Crippen LogP contribution in [0.4, 0.5) is 11.5 Å². The van der Waals surface area contributed by atoms with E-state index in [9.17, 15) is 4.79 Å². The Morgan fingerprint density at radius 3 is 2.58 bits per heavy atom. The van der Waals surface area contributed by atoms with Crippen LogP contribution in [-0.2, 0) is 6.54 Å². The summed E-state index contributed by atoms with van der Waals surface area (Å²) in [6.45, 7) is 0.419. The fourth-order valence-electron chi connectivity index (χ4n) is 2.06. The van der Waals surface area contributed by atoms with Gasteiger partial charge in [0.1, 0.15) is 12.1 Å². The van der Waals surface area contributed by atoms with Gasteiger partial charge in [0.05, 0.1) is 5.56 Å². The Hall–Kier alpha value is -3.32. The van der Waals surface area contributed by atoms with Gasteiger partial charge in [-0.05, 0) is 18.2 Å². The van der Waals surface area contributed by atoms with Crippen molar-refractivity contribution in [3.05, 3.63) is 78.5 Å². The number of hydrogen-bond acceptors (Lipinski definition) is 6. The summed E-state index contributed by atoms with van der Waals surface area (Å²) in [5, 5.41) is 3.26. The molecule has 3 aromatic rings. The summed E-state index contributed by atoms with van der Waals surface area (Å²) in [5.74, 6) is 0.436. The molecule has 0 spiro atoms. The average molecular weight is 320 g/mol. The molecule has 0 aliphatic rings. The second-order valence-corrected chi connectivity index (χ2v) is 4.94. The lowest BCUT2D eigenvalue weighted by Gasteiger charge is -2.12. The number of hydrazine groups is 1. The van der Waals surface area contributed by atoms with Crippen LogP contribution in [0.1, 0.15) is 15.9 Å². The zero-order valence-electron chi connectivity index (χ0n) is 12.8. The Morgan fingerprint density at radius 1 is 1.00 bits per heavy atom. The van der Waals surface area contributed by atoms with E-state index in [1.807, 2.05) is 42.5 Å². The molecule has 0 atom stereocenters. The lowest BCUT2D eigenvalue weighted by Crippen LogP contribution is -2.37. The van der Waals surface area contributed by atoms with Crippen LogP contribution in [-0.4, -0.2) is 20.9 Å². The predicted octanol–water partition coefficient (Wildman–Crippen LogP) is 2.05. The van der Waals surface area contributed by atoms with Gasteiger partial charge in [-0.25, -0.2) is 20.4 Å². The molecule has 1 aromatic carbocycles. The van der Waals surface area contributed by atoms with Gasteiger partial charge in [0.2, 0.25) is 0 Å². The summed E-state index contributed by atoms with van der Waals surface area (Å²) in [6, 6.07) is 13.6. The molecule has 7 nitrogen and oxygen atoms in total. The fourth-order valence-corrected chi connectivity index (χ4v) is 2.06. The number of para-hydroxylation sites is 1. The second-order valence-electron chi connectivity index (χ2n) is 4.94. The minimum absolute atomic E-state index is 0.294. The van der Waals surface area contributed by atoms with Crippen molar-refractivity contribution in [2.75, 3.05) is 5.32 Å². The van der Waals surface area contributed by atoms with Gasteiger partial charge < -0.3 is 5.32 Å². The van der Waals surface area contributed by atoms with Crippen LogP contribution in [0.2, 0.25) is 0 Å². The molecule has 0 saturated carbocycles. The molecule has 3 N–H and O–H groups in total. The van der Waals surface area contributed by atoms with Gasteiger partial charge in [-0.15, -0.1) is 0 Å². The zero-order chi connectivity index (χ0) is 16.6. The molecule has 0 aliphatic carbocycles. The third kappa shape index (κ3) is 4.11. The second kappa shape index (κ2) is 7.80. The zero-order valence-corrected chi connectivity index (χ0v) is 12.8. The van der Waals surface area contributed by atoms with E-state index < -0.39 is 0 Å². The van der Waals surface area contributed by atoms with Crippen molar-refractivity contribution in [2.45, 2.75) is 6.54 Å². The first-order chi connectivity index (χ1) is 11.8. The normalized spacial score (nSPS) is 10.2. The van der Waals surface area contributed by atoms with Crippen molar-refractivity contribution in [3.63, 3.8) is 0 Å². The Bertz CT molecular complexity index is 794. The third-order valence-corrected chi connectivity index (χ3v) is 3.23. The van der Waals surface area contributed by atoms with Crippen molar-refractivity contribution in [1.29, 1.82) is 0 Å². The molecule has 0 saturated heterocycles. The first-order valence-corrected chi connectivity index (χ1v) is 7.37. The van der Waals surface area contributed by atoms with E-state index in [1.54, 1.807) is 6.20 Å². The number of benzene rings is 1. The molecule has 0 fully saturated rings. The molecule has 3 rings (SSSR count). The highest BCUT2D eigenvalue weighted by Gasteiger charge is 2.07. The van der Waals surface area contributed by atoms with Crippen molar-refractivity contribution in [2.24, 2.45) is 0 Å². The van der Waals surface area contributed by atoms with E-state index in [1.165, 1.54) is 18.7 Å². The number of carbonyl (C=O) groups excluding carboxylic acids is 1. The van der Waals surface area contributed by atoms with Crippen LogP contribution in [0.3, 0.4) is 0 Å². The maximum atomic E-state index is 11.9. The summed E-state index contributed by atoms with van der Waals surface area (Å²) >= 11 is 0. The number of carbonyl (C=O) groups is 1. The Morgan fingerprint density at radius 2 is 1.79 bits per heavy atom. The van der Waals surface area contributed by atoms with Crippen molar-refractivity contribution in [1.82, 2.24) is 25.8 Å². The molecule has 0 unspecified atom stereocenters. The third-order valence-electron chi connectivity index (χ3n) is 3.23. The minimum Gasteiger partial charge on any atom is -0.340 e. The number of hydrogen-bond donors (Lipinski definition) is 3. The number of nitrogens with zero attached hydrogens (tertiary/aromatic N) is 3. The summed E-state index contributed by atoms with van der Waals surface area (Å²) in [5.41, 5.74) is 7.76. The van der Waals surface area contributed by atoms with E-state index in [2.05, 4.69) is 31.1 Å². The Labute approximate surface area is 139 Å². The average Bonchev–Trinajstić information content (AvgIpc) is 2.64. The van der Waals surface area contributed by atoms with Gasteiger partial charge in [0.15, 0.2) is 0 Å². The Balaban J connectivity index is 1.60. The Kier molecular flexibility index (Phi) is 5.06. The van der Waals surface area contributed by atoms with Gasteiger partial charge in [0.25, 0.3) is 5.91 Å². The number of nitrogens with one attached hydrogen (secondary N) is 3. The number of aromatic nitrogens is 3. The van der Waals surface area contributed by atoms with Gasteiger partial charge in [-0.3, -0.25) is 10.2 Å². The topological polar surface area (TPSA) is 91.8 Å². The number of amides is 1. The van der Waals surface area contributed by atoms with Crippen LogP contribution in [0, 0.1) is 0 Å². The van der Waals surface area contributed by atoms with Crippen LogP contribution >= 0.6 is 0 Å². The summed E-state index contributed by atoms with van der Waals surface area (Å²) in [7, 11) is 0. The standard InChI is InChI=1S/C17H16N6O/c24-17(14-9-18-12-19-10-14)23-21-11-13-5-4-8-20-16(13)22-15-6-2-1-3-7-15/h1-10,12,21H,11H2,(H,20,22)(H,23,24). The highest BCUT2D eigenvalue weighted by Crippen LogP contribution is 2.17. The first kappa shape index (κ1) is 15.6. The van der Waals surface area contributed by atoms with Gasteiger partial charge in [0, 0.05) is 36.4 Å². The van der Waals surface area contributed by atoms with Crippen molar-refractivity contribution in [3.8, 4) is 0 Å². The largest absolute Gasteiger partial charge is 0.340 e. The highest BCUT2D eigenvalue weighted by atomic mass is 16.2. The quantitative estimate of drug-likeness (QED) is 0.602. The van der Waals surface area contributed by atoms with E-state index in [0.717, 1.165) is 17.1 Å². The molecule has 7 heteroatoms. The van der Waals surface area contributed by atoms with Crippen molar-refractivity contribution >= 4 is 17.4 Å². The van der Waals surface area contributed by atoms with Gasteiger partial charge in [-0.2, -0.15) is 0 Å². The van der Waals surface area contributed by atoms with Gasteiger partial charge >= 0.3 is 0 Å². The van der Waals surface area contributed by atoms with Gasteiger partial charge in [-0.1, -0.05) is 24.3 Å². The minimum atomic E-state index is -0.294. The molecule has 24 heavy (non-hydrogen) atoms. The van der Waals surface area contributed by atoms with E-state index in [0.29, 0.717) is 12.1 Å². The van der Waals surface area contributed by atoms with E-state index in [4.69, 9.17) is 0 Å². The maximum absolute atomic E-state index is 11.9. The molecule has 1 amide bonds. The fraction of sp³-hybridized carbons (Fsp3) is 0.0588. The molecule has 0 aliphatic heterocycles. The molecule has 2 aromatic heterocycles.